The normalized spacial score (nSPS) is 20.3. The maximum atomic E-state index is 10.4. The first-order valence-corrected chi connectivity index (χ1v) is 8.66. The largest absolute Gasteiger partial charge is 0.493 e. The lowest BCUT2D eigenvalue weighted by Crippen LogP contribution is -2.21. The van der Waals surface area contributed by atoms with Gasteiger partial charge < -0.3 is 23.8 Å². The molecule has 1 saturated heterocycles. The summed E-state index contributed by atoms with van der Waals surface area (Å²) in [5.41, 5.74) is 1.85. The first kappa shape index (κ1) is 18.5. The second-order valence-electron chi connectivity index (χ2n) is 6.65. The van der Waals surface area contributed by atoms with E-state index in [-0.39, 0.29) is 5.92 Å². The highest BCUT2D eigenvalue weighted by Gasteiger charge is 2.33. The van der Waals surface area contributed by atoms with Gasteiger partial charge in [-0.3, -0.25) is 4.90 Å². The van der Waals surface area contributed by atoms with Crippen LogP contribution in [0.15, 0.2) is 22.7 Å². The van der Waals surface area contributed by atoms with Crippen LogP contribution in [0.4, 0.5) is 0 Å². The quantitative estimate of drug-likeness (QED) is 0.808. The maximum Gasteiger partial charge on any atom is 0.203 e. The molecule has 7 nitrogen and oxygen atoms in total. The van der Waals surface area contributed by atoms with Crippen molar-refractivity contribution in [3.63, 3.8) is 0 Å². The number of aryl methyl sites for hydroxylation is 1. The summed E-state index contributed by atoms with van der Waals surface area (Å²) in [6.45, 7) is 3.94. The first-order valence-electron chi connectivity index (χ1n) is 8.66. The molecule has 0 bridgehead atoms. The third-order valence-corrected chi connectivity index (χ3v) is 4.80. The van der Waals surface area contributed by atoms with Gasteiger partial charge in [0.2, 0.25) is 5.75 Å². The van der Waals surface area contributed by atoms with Crippen molar-refractivity contribution in [2.45, 2.75) is 26.0 Å². The lowest BCUT2D eigenvalue weighted by molar-refractivity contribution is 0.137. The molecular weight excluding hydrogens is 336 g/mol. The van der Waals surface area contributed by atoms with E-state index >= 15 is 0 Å². The topological polar surface area (TPSA) is 77.2 Å². The molecule has 0 radical (unpaired) electrons. The van der Waals surface area contributed by atoms with Gasteiger partial charge in [0.05, 0.1) is 33.1 Å². The lowest BCUT2D eigenvalue weighted by atomic mass is 10.0. The Kier molecular flexibility index (Phi) is 5.68. The van der Waals surface area contributed by atoms with E-state index < -0.39 is 6.10 Å². The fourth-order valence-corrected chi connectivity index (χ4v) is 3.57. The number of aliphatic hydroxyl groups excluding tert-OH is 1. The highest BCUT2D eigenvalue weighted by Crippen LogP contribution is 2.40. The number of β-amino-alcohol motifs (C(OH)–C–C–N with tert-alkyl or cyclic N) is 1. The Morgan fingerprint density at radius 1 is 1.15 bits per heavy atom. The summed E-state index contributed by atoms with van der Waals surface area (Å²) in [6.07, 6.45) is 0.285. The Morgan fingerprint density at radius 3 is 2.54 bits per heavy atom. The van der Waals surface area contributed by atoms with Crippen LogP contribution in [0.5, 0.6) is 17.2 Å². The monoisotopic (exact) mass is 362 g/mol. The molecule has 1 aromatic heterocycles. The van der Waals surface area contributed by atoms with Gasteiger partial charge in [-0.2, -0.15) is 0 Å². The molecule has 1 fully saturated rings. The predicted molar refractivity (Wildman–Crippen MR) is 95.8 cm³/mol. The van der Waals surface area contributed by atoms with Gasteiger partial charge in [0, 0.05) is 43.6 Å². The zero-order valence-electron chi connectivity index (χ0n) is 15.7. The van der Waals surface area contributed by atoms with Crippen molar-refractivity contribution in [2.75, 3.05) is 34.4 Å². The number of benzene rings is 1. The van der Waals surface area contributed by atoms with Gasteiger partial charge in [0.25, 0.3) is 0 Å². The molecule has 1 aliphatic heterocycles. The third kappa shape index (κ3) is 3.78. The minimum Gasteiger partial charge on any atom is -0.493 e. The van der Waals surface area contributed by atoms with Crippen LogP contribution in [0.1, 0.15) is 17.0 Å². The van der Waals surface area contributed by atoms with E-state index in [2.05, 4.69) is 10.1 Å². The molecule has 0 spiro atoms. The maximum absolute atomic E-state index is 10.4. The SMILES string of the molecule is COc1ccc(CN2CC(O)C(Cc3cc(C)no3)C2)c(OC)c1OC. The van der Waals surface area contributed by atoms with Crippen LogP contribution in [-0.2, 0) is 13.0 Å². The van der Waals surface area contributed by atoms with E-state index in [1.807, 2.05) is 25.1 Å². The highest BCUT2D eigenvalue weighted by atomic mass is 16.5. The molecule has 2 unspecified atom stereocenters. The molecular formula is C19H26N2O5. The molecule has 2 heterocycles. The van der Waals surface area contributed by atoms with Crippen molar-refractivity contribution in [2.24, 2.45) is 5.92 Å². The van der Waals surface area contributed by atoms with Crippen LogP contribution >= 0.6 is 0 Å². The van der Waals surface area contributed by atoms with Crippen molar-refractivity contribution in [3.8, 4) is 17.2 Å². The van der Waals surface area contributed by atoms with E-state index in [1.165, 1.54) is 0 Å². The molecule has 1 aliphatic rings. The molecule has 1 aromatic carbocycles. The molecule has 26 heavy (non-hydrogen) atoms. The van der Waals surface area contributed by atoms with Gasteiger partial charge in [-0.25, -0.2) is 0 Å². The van der Waals surface area contributed by atoms with Gasteiger partial charge >= 0.3 is 0 Å². The molecule has 0 aliphatic carbocycles. The summed E-state index contributed by atoms with van der Waals surface area (Å²) < 4.78 is 21.6. The van der Waals surface area contributed by atoms with E-state index in [0.717, 1.165) is 23.6 Å². The van der Waals surface area contributed by atoms with E-state index in [1.54, 1.807) is 21.3 Å². The molecule has 0 amide bonds. The minimum atomic E-state index is -0.397. The molecule has 2 aromatic rings. The zero-order valence-corrected chi connectivity index (χ0v) is 15.7. The summed E-state index contributed by atoms with van der Waals surface area (Å²) >= 11 is 0. The second kappa shape index (κ2) is 7.97. The fourth-order valence-electron chi connectivity index (χ4n) is 3.57. The average molecular weight is 362 g/mol. The van der Waals surface area contributed by atoms with Crippen molar-refractivity contribution in [1.82, 2.24) is 10.1 Å². The number of ether oxygens (including phenoxy) is 3. The molecule has 3 rings (SSSR count). The number of nitrogens with zero attached hydrogens (tertiary/aromatic N) is 2. The average Bonchev–Trinajstić information content (AvgIpc) is 3.19. The van der Waals surface area contributed by atoms with Crippen LogP contribution in [0.3, 0.4) is 0 Å². The minimum absolute atomic E-state index is 0.119. The second-order valence-corrected chi connectivity index (χ2v) is 6.65. The number of hydrogen-bond acceptors (Lipinski definition) is 7. The molecule has 7 heteroatoms. The van der Waals surface area contributed by atoms with Crippen LogP contribution in [0, 0.1) is 12.8 Å². The number of rotatable bonds is 7. The summed E-state index contributed by atoms with van der Waals surface area (Å²) in [5.74, 6) is 2.82. The lowest BCUT2D eigenvalue weighted by Gasteiger charge is -2.20. The number of likely N-dealkylation sites (tertiary alicyclic amines) is 1. The Bertz CT molecular complexity index is 746. The fraction of sp³-hybridized carbons (Fsp3) is 0.526. The van der Waals surface area contributed by atoms with Gasteiger partial charge in [-0.1, -0.05) is 11.2 Å². The van der Waals surface area contributed by atoms with E-state index in [9.17, 15) is 5.11 Å². The summed E-state index contributed by atoms with van der Waals surface area (Å²) in [5, 5.41) is 14.4. The Labute approximate surface area is 153 Å². The van der Waals surface area contributed by atoms with Crippen LogP contribution in [-0.4, -0.2) is 55.7 Å². The summed E-state index contributed by atoms with van der Waals surface area (Å²) in [6, 6.07) is 5.77. The highest BCUT2D eigenvalue weighted by molar-refractivity contribution is 5.55. The van der Waals surface area contributed by atoms with Crippen LogP contribution in [0.25, 0.3) is 0 Å². The van der Waals surface area contributed by atoms with Crippen molar-refractivity contribution >= 4 is 0 Å². The number of aromatic nitrogens is 1. The van der Waals surface area contributed by atoms with Gasteiger partial charge in [-0.05, 0) is 13.0 Å². The van der Waals surface area contributed by atoms with Gasteiger partial charge in [-0.15, -0.1) is 0 Å². The third-order valence-electron chi connectivity index (χ3n) is 4.80. The predicted octanol–water partition coefficient (Wildman–Crippen LogP) is 2.04. The zero-order chi connectivity index (χ0) is 18.7. The van der Waals surface area contributed by atoms with Gasteiger partial charge in [0.15, 0.2) is 11.5 Å². The van der Waals surface area contributed by atoms with Crippen molar-refractivity contribution in [1.29, 1.82) is 0 Å². The Morgan fingerprint density at radius 2 is 1.92 bits per heavy atom. The smallest absolute Gasteiger partial charge is 0.203 e. The summed E-state index contributed by atoms with van der Waals surface area (Å²) in [7, 11) is 4.82. The van der Waals surface area contributed by atoms with E-state index in [4.69, 9.17) is 18.7 Å². The molecule has 2 atom stereocenters. The van der Waals surface area contributed by atoms with Crippen molar-refractivity contribution in [3.05, 3.63) is 35.2 Å². The van der Waals surface area contributed by atoms with Crippen LogP contribution in [0.2, 0.25) is 0 Å². The Hall–Kier alpha value is -2.25. The standard InChI is InChI=1S/C19H26N2O5/c1-12-7-15(26-20-12)8-14-10-21(11-16(14)22)9-13-5-6-17(23-2)19(25-4)18(13)24-3/h5-7,14,16,22H,8-11H2,1-4H3. The van der Waals surface area contributed by atoms with Crippen molar-refractivity contribution < 1.29 is 23.8 Å². The van der Waals surface area contributed by atoms with E-state index in [0.29, 0.717) is 36.8 Å². The number of methoxy groups -OCH3 is 3. The van der Waals surface area contributed by atoms with Crippen LogP contribution < -0.4 is 14.2 Å². The Balaban J connectivity index is 1.71. The van der Waals surface area contributed by atoms with Gasteiger partial charge in [0.1, 0.15) is 5.76 Å². The molecule has 1 N–H and O–H groups in total. The first-order chi connectivity index (χ1) is 12.5. The number of aliphatic hydroxyl groups is 1. The summed E-state index contributed by atoms with van der Waals surface area (Å²) in [4.78, 5) is 2.21. The molecule has 0 saturated carbocycles. The molecule has 142 valence electrons. The number of hydrogen-bond donors (Lipinski definition) is 1.